The van der Waals surface area contributed by atoms with Gasteiger partial charge in [-0.25, -0.2) is 0 Å². The van der Waals surface area contributed by atoms with Crippen molar-refractivity contribution in [3.8, 4) is 0 Å². The summed E-state index contributed by atoms with van der Waals surface area (Å²) in [7, 11) is 0. The third kappa shape index (κ3) is 5.53. The summed E-state index contributed by atoms with van der Waals surface area (Å²) in [5.74, 6) is 1.86. The number of rotatable bonds is 7. The first-order chi connectivity index (χ1) is 7.36. The molecule has 1 saturated heterocycles. The van der Waals surface area contributed by atoms with E-state index in [4.69, 9.17) is 0 Å². The first-order valence-corrected chi connectivity index (χ1v) is 6.78. The lowest BCUT2D eigenvalue weighted by molar-refractivity contribution is 0.341. The van der Waals surface area contributed by atoms with Crippen molar-refractivity contribution in [3.05, 3.63) is 0 Å². The van der Waals surface area contributed by atoms with Gasteiger partial charge in [0.2, 0.25) is 0 Å². The van der Waals surface area contributed by atoms with Crippen LogP contribution in [0.2, 0.25) is 0 Å². The summed E-state index contributed by atoms with van der Waals surface area (Å²) in [6.45, 7) is 9.50. The van der Waals surface area contributed by atoms with Gasteiger partial charge in [-0.2, -0.15) is 0 Å². The van der Waals surface area contributed by atoms with Crippen molar-refractivity contribution in [2.45, 2.75) is 46.0 Å². The van der Waals surface area contributed by atoms with Gasteiger partial charge in [0.15, 0.2) is 0 Å². The molecule has 0 aromatic heterocycles. The lowest BCUT2D eigenvalue weighted by Gasteiger charge is -2.23. The van der Waals surface area contributed by atoms with Gasteiger partial charge in [-0.05, 0) is 57.3 Å². The van der Waals surface area contributed by atoms with Crippen LogP contribution in [-0.4, -0.2) is 26.2 Å². The van der Waals surface area contributed by atoms with Gasteiger partial charge in [-0.1, -0.05) is 26.7 Å². The predicted molar refractivity (Wildman–Crippen MR) is 67.2 cm³/mol. The van der Waals surface area contributed by atoms with Crippen molar-refractivity contribution in [1.82, 2.24) is 10.6 Å². The maximum absolute atomic E-state index is 3.61. The summed E-state index contributed by atoms with van der Waals surface area (Å²) < 4.78 is 0. The molecule has 1 aliphatic rings. The molecule has 0 amide bonds. The molecular weight excluding hydrogens is 184 g/mol. The molecule has 1 aliphatic heterocycles. The van der Waals surface area contributed by atoms with E-state index in [0.717, 1.165) is 11.8 Å². The van der Waals surface area contributed by atoms with Crippen molar-refractivity contribution in [2.24, 2.45) is 11.8 Å². The molecule has 0 atom stereocenters. The van der Waals surface area contributed by atoms with Crippen LogP contribution in [0, 0.1) is 11.8 Å². The fourth-order valence-corrected chi connectivity index (χ4v) is 2.36. The predicted octanol–water partition coefficient (Wildman–Crippen LogP) is 2.40. The van der Waals surface area contributed by atoms with Crippen molar-refractivity contribution >= 4 is 0 Å². The first-order valence-electron chi connectivity index (χ1n) is 6.78. The van der Waals surface area contributed by atoms with E-state index in [1.807, 2.05) is 0 Å². The van der Waals surface area contributed by atoms with Crippen LogP contribution in [0.4, 0.5) is 0 Å². The molecule has 2 nitrogen and oxygen atoms in total. The van der Waals surface area contributed by atoms with E-state index in [1.54, 1.807) is 0 Å². The zero-order valence-corrected chi connectivity index (χ0v) is 10.5. The number of hydrogen-bond acceptors (Lipinski definition) is 2. The van der Waals surface area contributed by atoms with Gasteiger partial charge in [-0.3, -0.25) is 0 Å². The maximum Gasteiger partial charge on any atom is -0.00207 e. The number of nitrogens with one attached hydrogen (secondary N) is 2. The highest BCUT2D eigenvalue weighted by molar-refractivity contribution is 4.69. The Morgan fingerprint density at radius 2 is 1.87 bits per heavy atom. The minimum Gasteiger partial charge on any atom is -0.317 e. The minimum absolute atomic E-state index is 0.887. The zero-order valence-electron chi connectivity index (χ0n) is 10.5. The van der Waals surface area contributed by atoms with Crippen LogP contribution >= 0.6 is 0 Å². The van der Waals surface area contributed by atoms with Crippen LogP contribution in [0.3, 0.4) is 0 Å². The average Bonchev–Trinajstić information content (AvgIpc) is 2.31. The van der Waals surface area contributed by atoms with Crippen LogP contribution in [0.5, 0.6) is 0 Å². The van der Waals surface area contributed by atoms with Crippen molar-refractivity contribution < 1.29 is 0 Å². The Morgan fingerprint density at radius 3 is 2.47 bits per heavy atom. The summed E-state index contributed by atoms with van der Waals surface area (Å²) >= 11 is 0. The molecular formula is C13H28N2. The quantitative estimate of drug-likeness (QED) is 0.633. The van der Waals surface area contributed by atoms with Crippen molar-refractivity contribution in [3.63, 3.8) is 0 Å². The average molecular weight is 212 g/mol. The Labute approximate surface area is 95.2 Å². The second-order valence-electron chi connectivity index (χ2n) is 4.87. The molecule has 2 N–H and O–H groups in total. The second kappa shape index (κ2) is 8.12. The van der Waals surface area contributed by atoms with Crippen LogP contribution in [0.1, 0.15) is 46.0 Å². The van der Waals surface area contributed by atoms with E-state index < -0.39 is 0 Å². The standard InChI is InChI=1S/C13H28N2/c1-3-12(4-2)11-15-10-7-13-5-8-14-9-6-13/h12-15H,3-11H2,1-2H3. The van der Waals surface area contributed by atoms with Gasteiger partial charge in [0, 0.05) is 0 Å². The lowest BCUT2D eigenvalue weighted by atomic mass is 9.94. The number of hydrogen-bond donors (Lipinski definition) is 2. The Bertz CT molecular complexity index is 137. The topological polar surface area (TPSA) is 24.1 Å². The Balaban J connectivity index is 1.95. The normalized spacial score (nSPS) is 18.6. The highest BCUT2D eigenvalue weighted by Crippen LogP contribution is 2.14. The lowest BCUT2D eigenvalue weighted by Crippen LogP contribution is -2.30. The Hall–Kier alpha value is -0.0800. The molecule has 1 heterocycles. The molecule has 1 fully saturated rings. The van der Waals surface area contributed by atoms with Gasteiger partial charge in [0.1, 0.15) is 0 Å². The van der Waals surface area contributed by atoms with Crippen LogP contribution in [-0.2, 0) is 0 Å². The fourth-order valence-electron chi connectivity index (χ4n) is 2.36. The summed E-state index contributed by atoms with van der Waals surface area (Å²) in [6.07, 6.45) is 6.77. The van der Waals surface area contributed by atoms with Crippen molar-refractivity contribution in [2.75, 3.05) is 26.2 Å². The summed E-state index contributed by atoms with van der Waals surface area (Å²) in [4.78, 5) is 0. The first kappa shape index (κ1) is 13.0. The van der Waals surface area contributed by atoms with E-state index in [0.29, 0.717) is 0 Å². The van der Waals surface area contributed by atoms with E-state index in [1.165, 1.54) is 58.3 Å². The van der Waals surface area contributed by atoms with Gasteiger partial charge in [-0.15, -0.1) is 0 Å². The third-order valence-electron chi connectivity index (χ3n) is 3.78. The molecule has 0 aromatic carbocycles. The molecule has 2 heteroatoms. The van der Waals surface area contributed by atoms with E-state index >= 15 is 0 Å². The van der Waals surface area contributed by atoms with Gasteiger partial charge >= 0.3 is 0 Å². The van der Waals surface area contributed by atoms with E-state index in [9.17, 15) is 0 Å². The molecule has 90 valence electrons. The van der Waals surface area contributed by atoms with E-state index in [2.05, 4.69) is 24.5 Å². The SMILES string of the molecule is CCC(CC)CNCCC1CCNCC1. The molecule has 0 radical (unpaired) electrons. The summed E-state index contributed by atoms with van der Waals surface area (Å²) in [6, 6.07) is 0. The number of piperidine rings is 1. The monoisotopic (exact) mass is 212 g/mol. The molecule has 15 heavy (non-hydrogen) atoms. The Morgan fingerprint density at radius 1 is 1.20 bits per heavy atom. The van der Waals surface area contributed by atoms with Crippen molar-refractivity contribution in [1.29, 1.82) is 0 Å². The molecule has 0 saturated carbocycles. The minimum atomic E-state index is 0.887. The van der Waals surface area contributed by atoms with Gasteiger partial charge in [0.25, 0.3) is 0 Å². The van der Waals surface area contributed by atoms with Crippen LogP contribution in [0.25, 0.3) is 0 Å². The van der Waals surface area contributed by atoms with Gasteiger partial charge in [0.05, 0.1) is 0 Å². The third-order valence-corrected chi connectivity index (χ3v) is 3.78. The molecule has 0 aromatic rings. The van der Waals surface area contributed by atoms with E-state index in [-0.39, 0.29) is 0 Å². The zero-order chi connectivity index (χ0) is 10.9. The highest BCUT2D eigenvalue weighted by atomic mass is 14.9. The van der Waals surface area contributed by atoms with Crippen LogP contribution in [0.15, 0.2) is 0 Å². The smallest absolute Gasteiger partial charge is 0.00207 e. The summed E-state index contributed by atoms with van der Waals surface area (Å²) in [5.41, 5.74) is 0. The molecule has 1 rings (SSSR count). The van der Waals surface area contributed by atoms with Gasteiger partial charge < -0.3 is 10.6 Å². The molecule has 0 unspecified atom stereocenters. The summed E-state index contributed by atoms with van der Waals surface area (Å²) in [5, 5.41) is 7.04. The maximum atomic E-state index is 3.61. The highest BCUT2D eigenvalue weighted by Gasteiger charge is 2.12. The second-order valence-corrected chi connectivity index (χ2v) is 4.87. The van der Waals surface area contributed by atoms with Crippen LogP contribution < -0.4 is 10.6 Å². The molecule has 0 aliphatic carbocycles. The molecule has 0 bridgehead atoms. The largest absolute Gasteiger partial charge is 0.317 e. The Kier molecular flexibility index (Phi) is 7.03. The molecule has 0 spiro atoms. The fraction of sp³-hybridized carbons (Fsp3) is 1.00.